The first kappa shape index (κ1) is 21.7. The molecule has 0 radical (unpaired) electrons. The lowest BCUT2D eigenvalue weighted by molar-refractivity contribution is 0.0928. The highest BCUT2D eigenvalue weighted by Gasteiger charge is 2.24. The maximum Gasteiger partial charge on any atom is 0.251 e. The zero-order chi connectivity index (χ0) is 19.6. The SMILES string of the molecule is CC(C)c1cccc(C2CNCC(NC(=O)c3ccccc3)C2)c1.ClCCl. The molecule has 1 fully saturated rings. The number of alkyl halides is 2. The maximum atomic E-state index is 12.4. The molecule has 0 bridgehead atoms. The van der Waals surface area contributed by atoms with Crippen LogP contribution >= 0.6 is 23.2 Å². The summed E-state index contributed by atoms with van der Waals surface area (Å²) in [6.07, 6.45) is 0.979. The Bertz CT molecular complexity index is 706. The summed E-state index contributed by atoms with van der Waals surface area (Å²) in [6, 6.07) is 18.5. The van der Waals surface area contributed by atoms with Gasteiger partial charge in [0.25, 0.3) is 5.91 Å². The minimum Gasteiger partial charge on any atom is -0.348 e. The number of hydrogen-bond acceptors (Lipinski definition) is 2. The van der Waals surface area contributed by atoms with E-state index in [2.05, 4.69) is 48.7 Å². The lowest BCUT2D eigenvalue weighted by Gasteiger charge is -2.31. The van der Waals surface area contributed by atoms with Gasteiger partial charge < -0.3 is 10.6 Å². The zero-order valence-corrected chi connectivity index (χ0v) is 17.4. The predicted molar refractivity (Wildman–Crippen MR) is 115 cm³/mol. The van der Waals surface area contributed by atoms with Gasteiger partial charge in [0, 0.05) is 24.7 Å². The van der Waals surface area contributed by atoms with Gasteiger partial charge >= 0.3 is 0 Å². The summed E-state index contributed by atoms with van der Waals surface area (Å²) in [7, 11) is 0. The highest BCUT2D eigenvalue weighted by Crippen LogP contribution is 2.26. The fourth-order valence-electron chi connectivity index (χ4n) is 3.34. The molecule has 3 nitrogen and oxygen atoms in total. The van der Waals surface area contributed by atoms with Crippen molar-refractivity contribution in [1.29, 1.82) is 0 Å². The highest BCUT2D eigenvalue weighted by molar-refractivity contribution is 6.40. The number of amides is 1. The van der Waals surface area contributed by atoms with Crippen LogP contribution in [-0.4, -0.2) is 30.4 Å². The number of piperidine rings is 1. The van der Waals surface area contributed by atoms with E-state index in [1.165, 1.54) is 11.1 Å². The average molecular weight is 407 g/mol. The van der Waals surface area contributed by atoms with Gasteiger partial charge in [-0.25, -0.2) is 0 Å². The Labute approximate surface area is 172 Å². The third-order valence-electron chi connectivity index (χ3n) is 4.77. The summed E-state index contributed by atoms with van der Waals surface area (Å²) in [5.41, 5.74) is 3.47. The topological polar surface area (TPSA) is 41.1 Å². The first-order chi connectivity index (χ1) is 13.0. The van der Waals surface area contributed by atoms with Crippen molar-refractivity contribution in [3.8, 4) is 0 Å². The predicted octanol–water partition coefficient (Wildman–Crippen LogP) is 5.11. The number of halogens is 2. The summed E-state index contributed by atoms with van der Waals surface area (Å²) in [6.45, 7) is 6.25. The van der Waals surface area contributed by atoms with Gasteiger partial charge in [0.15, 0.2) is 0 Å². The Kier molecular flexibility index (Phi) is 9.12. The van der Waals surface area contributed by atoms with Crippen molar-refractivity contribution in [3.05, 3.63) is 71.3 Å². The molecule has 1 aliphatic rings. The van der Waals surface area contributed by atoms with Crippen LogP contribution in [-0.2, 0) is 0 Å². The number of benzene rings is 2. The monoisotopic (exact) mass is 406 g/mol. The molecular weight excluding hydrogens is 379 g/mol. The molecule has 1 heterocycles. The third-order valence-corrected chi connectivity index (χ3v) is 4.77. The molecule has 0 spiro atoms. The third kappa shape index (κ3) is 6.84. The van der Waals surface area contributed by atoms with Crippen LogP contribution in [0.15, 0.2) is 54.6 Å². The number of nitrogens with one attached hydrogen (secondary N) is 2. The molecule has 3 rings (SSSR count). The Morgan fingerprint density at radius 1 is 1.11 bits per heavy atom. The minimum absolute atomic E-state index is 0.0129. The molecule has 2 aromatic rings. The fraction of sp³-hybridized carbons (Fsp3) is 0.409. The van der Waals surface area contributed by atoms with Crippen LogP contribution in [0.1, 0.15) is 53.6 Å². The second-order valence-electron chi connectivity index (χ2n) is 7.05. The molecule has 2 unspecified atom stereocenters. The lowest BCUT2D eigenvalue weighted by Crippen LogP contribution is -2.48. The van der Waals surface area contributed by atoms with Crippen LogP contribution < -0.4 is 10.6 Å². The van der Waals surface area contributed by atoms with Crippen LogP contribution in [0, 0.1) is 0 Å². The van der Waals surface area contributed by atoms with Crippen molar-refractivity contribution in [2.75, 3.05) is 18.4 Å². The normalized spacial score (nSPS) is 19.1. The van der Waals surface area contributed by atoms with E-state index in [1.54, 1.807) is 0 Å². The smallest absolute Gasteiger partial charge is 0.251 e. The minimum atomic E-state index is 0.0129. The molecule has 2 N–H and O–H groups in total. The van der Waals surface area contributed by atoms with Crippen molar-refractivity contribution in [1.82, 2.24) is 10.6 Å². The quantitative estimate of drug-likeness (QED) is 0.692. The van der Waals surface area contributed by atoms with E-state index < -0.39 is 0 Å². The summed E-state index contributed by atoms with van der Waals surface area (Å²) in [4.78, 5) is 12.4. The molecule has 27 heavy (non-hydrogen) atoms. The van der Waals surface area contributed by atoms with E-state index in [-0.39, 0.29) is 17.3 Å². The first-order valence-electron chi connectivity index (χ1n) is 9.33. The first-order valence-corrected chi connectivity index (χ1v) is 10.4. The number of carbonyl (C=O) groups excluding carboxylic acids is 1. The van der Waals surface area contributed by atoms with Crippen molar-refractivity contribution >= 4 is 29.1 Å². The van der Waals surface area contributed by atoms with Crippen LogP contribution in [0.4, 0.5) is 0 Å². The number of hydrogen-bond donors (Lipinski definition) is 2. The van der Waals surface area contributed by atoms with Gasteiger partial charge in [0.2, 0.25) is 0 Å². The zero-order valence-electron chi connectivity index (χ0n) is 15.9. The molecule has 0 aromatic heterocycles. The van der Waals surface area contributed by atoms with Crippen molar-refractivity contribution in [2.24, 2.45) is 0 Å². The van der Waals surface area contributed by atoms with Gasteiger partial charge in [-0.3, -0.25) is 4.79 Å². The molecule has 5 heteroatoms. The summed E-state index contributed by atoms with van der Waals surface area (Å²) in [5, 5.41) is 6.84. The van der Waals surface area contributed by atoms with Gasteiger partial charge in [-0.1, -0.05) is 56.3 Å². The molecule has 1 amide bonds. The van der Waals surface area contributed by atoms with Gasteiger partial charge in [-0.05, 0) is 41.5 Å². The highest BCUT2D eigenvalue weighted by atomic mass is 35.5. The molecular formula is C22H28Cl2N2O. The second-order valence-corrected chi connectivity index (χ2v) is 7.86. The van der Waals surface area contributed by atoms with Crippen molar-refractivity contribution in [3.63, 3.8) is 0 Å². The van der Waals surface area contributed by atoms with Crippen LogP contribution in [0.25, 0.3) is 0 Å². The van der Waals surface area contributed by atoms with Crippen LogP contribution in [0.5, 0.6) is 0 Å². The Morgan fingerprint density at radius 2 is 1.81 bits per heavy atom. The fourth-order valence-corrected chi connectivity index (χ4v) is 3.34. The summed E-state index contributed by atoms with van der Waals surface area (Å²) < 4.78 is 0. The standard InChI is InChI=1S/C21H26N2O.CH2Cl2/c1-15(2)17-9-6-10-18(11-17)19-12-20(14-22-13-19)23-21(24)16-7-4-3-5-8-16;2-1-3/h3-11,15,19-20,22H,12-14H2,1-2H3,(H,23,24);1H2. The van der Waals surface area contributed by atoms with Gasteiger partial charge in [-0.2, -0.15) is 0 Å². The molecule has 0 saturated carbocycles. The van der Waals surface area contributed by atoms with E-state index in [0.717, 1.165) is 25.1 Å². The van der Waals surface area contributed by atoms with Gasteiger partial charge in [-0.15, -0.1) is 23.2 Å². The molecule has 0 aliphatic carbocycles. The van der Waals surface area contributed by atoms with E-state index >= 15 is 0 Å². The number of rotatable bonds is 4. The van der Waals surface area contributed by atoms with Crippen molar-refractivity contribution < 1.29 is 4.79 Å². The summed E-state index contributed by atoms with van der Waals surface area (Å²) in [5.74, 6) is 0.993. The molecule has 2 aromatic carbocycles. The molecule has 146 valence electrons. The van der Waals surface area contributed by atoms with E-state index in [0.29, 0.717) is 11.8 Å². The molecule has 1 saturated heterocycles. The van der Waals surface area contributed by atoms with E-state index in [9.17, 15) is 4.79 Å². The van der Waals surface area contributed by atoms with Crippen LogP contribution in [0.2, 0.25) is 0 Å². The number of carbonyl (C=O) groups is 1. The maximum absolute atomic E-state index is 12.4. The van der Waals surface area contributed by atoms with Gasteiger partial charge in [0.1, 0.15) is 0 Å². The Morgan fingerprint density at radius 3 is 2.48 bits per heavy atom. The largest absolute Gasteiger partial charge is 0.348 e. The summed E-state index contributed by atoms with van der Waals surface area (Å²) >= 11 is 9.53. The van der Waals surface area contributed by atoms with Crippen molar-refractivity contribution in [2.45, 2.75) is 38.1 Å². The van der Waals surface area contributed by atoms with Crippen LogP contribution in [0.3, 0.4) is 0 Å². The van der Waals surface area contributed by atoms with Gasteiger partial charge in [0.05, 0.1) is 5.34 Å². The average Bonchev–Trinajstić information content (AvgIpc) is 2.69. The van der Waals surface area contributed by atoms with E-state index in [4.69, 9.17) is 23.2 Å². The Balaban J connectivity index is 0.000000817. The lowest BCUT2D eigenvalue weighted by atomic mass is 9.87. The molecule has 2 atom stereocenters. The Hall–Kier alpha value is -1.55. The second kappa shape index (κ2) is 11.3. The van der Waals surface area contributed by atoms with E-state index in [1.807, 2.05) is 30.3 Å². The molecule has 1 aliphatic heterocycles.